The molecule has 0 aliphatic carbocycles. The molecular weight excluding hydrogens is 473 g/mol. The molecule has 1 aliphatic heterocycles. The highest BCUT2D eigenvalue weighted by atomic mass is 35.5. The van der Waals surface area contributed by atoms with Crippen LogP contribution in [0.2, 0.25) is 5.02 Å². The number of carbonyl (C=O) groups excluding carboxylic acids is 3. The van der Waals surface area contributed by atoms with E-state index in [1.54, 1.807) is 24.3 Å². The van der Waals surface area contributed by atoms with Crippen LogP contribution in [0.3, 0.4) is 0 Å². The third-order valence-corrected chi connectivity index (χ3v) is 6.11. The Labute approximate surface area is 206 Å². The second kappa shape index (κ2) is 11.2. The molecule has 1 saturated heterocycles. The van der Waals surface area contributed by atoms with E-state index < -0.39 is 11.7 Å². The summed E-state index contributed by atoms with van der Waals surface area (Å²) in [5, 5.41) is 5.60. The third-order valence-electron chi connectivity index (χ3n) is 5.80. The number of anilines is 1. The summed E-state index contributed by atoms with van der Waals surface area (Å²) in [5.74, 6) is -1.67. The Hall–Kier alpha value is -3.56. The summed E-state index contributed by atoms with van der Waals surface area (Å²) in [6.07, 6.45) is 3.73. The number of nitrogens with zero attached hydrogens (tertiary/aromatic N) is 2. The number of hydrogen-bond acceptors (Lipinski definition) is 5. The van der Waals surface area contributed by atoms with Crippen LogP contribution in [0.4, 0.5) is 10.1 Å². The quantitative estimate of drug-likeness (QED) is 0.391. The predicted octanol–water partition coefficient (Wildman–Crippen LogP) is 3.71. The Morgan fingerprint density at radius 2 is 1.80 bits per heavy atom. The largest absolute Gasteiger partial charge is 0.349 e. The van der Waals surface area contributed by atoms with E-state index in [0.717, 1.165) is 25.7 Å². The SMILES string of the molecule is O=C(Cc1ccc(NC(=O)c2nc[nH]c2C(=O)NCCN2CCCC2)cc1)c1ccc(F)cc1Cl. The Morgan fingerprint density at radius 1 is 1.06 bits per heavy atom. The fourth-order valence-electron chi connectivity index (χ4n) is 3.95. The lowest BCUT2D eigenvalue weighted by Crippen LogP contribution is -2.34. The number of imidazole rings is 1. The molecule has 3 aromatic rings. The molecule has 1 fully saturated rings. The van der Waals surface area contributed by atoms with Crippen LogP contribution >= 0.6 is 11.6 Å². The number of rotatable bonds is 9. The molecule has 182 valence electrons. The number of hydrogen-bond donors (Lipinski definition) is 3. The van der Waals surface area contributed by atoms with Gasteiger partial charge in [-0.2, -0.15) is 0 Å². The van der Waals surface area contributed by atoms with E-state index in [0.29, 0.717) is 17.8 Å². The zero-order valence-electron chi connectivity index (χ0n) is 18.9. The minimum Gasteiger partial charge on any atom is -0.349 e. The molecule has 0 spiro atoms. The van der Waals surface area contributed by atoms with Gasteiger partial charge in [0.15, 0.2) is 11.5 Å². The summed E-state index contributed by atoms with van der Waals surface area (Å²) in [4.78, 5) is 46.7. The highest BCUT2D eigenvalue weighted by molar-refractivity contribution is 6.34. The van der Waals surface area contributed by atoms with E-state index in [9.17, 15) is 18.8 Å². The van der Waals surface area contributed by atoms with Gasteiger partial charge in [-0.05, 0) is 61.8 Å². The highest BCUT2D eigenvalue weighted by Crippen LogP contribution is 2.20. The minimum atomic E-state index is -0.530. The third kappa shape index (κ3) is 6.32. The number of amides is 2. The maximum Gasteiger partial charge on any atom is 0.276 e. The van der Waals surface area contributed by atoms with E-state index >= 15 is 0 Å². The Bertz CT molecular complexity index is 1220. The van der Waals surface area contributed by atoms with Crippen molar-refractivity contribution in [3.63, 3.8) is 0 Å². The first-order valence-corrected chi connectivity index (χ1v) is 11.7. The van der Waals surface area contributed by atoms with Crippen molar-refractivity contribution < 1.29 is 18.8 Å². The van der Waals surface area contributed by atoms with Crippen LogP contribution < -0.4 is 10.6 Å². The number of carbonyl (C=O) groups is 3. The number of Topliss-reactive ketones (excluding diaryl/α,β-unsaturated/α-hetero) is 1. The van der Waals surface area contributed by atoms with Crippen LogP contribution in [0.1, 0.15) is 49.7 Å². The zero-order chi connectivity index (χ0) is 24.8. The fourth-order valence-corrected chi connectivity index (χ4v) is 4.23. The van der Waals surface area contributed by atoms with Gasteiger partial charge in [-0.15, -0.1) is 0 Å². The molecule has 0 unspecified atom stereocenters. The van der Waals surface area contributed by atoms with Gasteiger partial charge >= 0.3 is 0 Å². The fraction of sp³-hybridized carbons (Fsp3) is 0.280. The number of nitrogens with one attached hydrogen (secondary N) is 3. The molecular formula is C25H25ClFN5O3. The summed E-state index contributed by atoms with van der Waals surface area (Å²) in [7, 11) is 0. The van der Waals surface area contributed by atoms with E-state index in [-0.39, 0.29) is 40.1 Å². The molecule has 3 N–H and O–H groups in total. The molecule has 4 rings (SSSR count). The maximum absolute atomic E-state index is 13.2. The first-order chi connectivity index (χ1) is 16.9. The van der Waals surface area contributed by atoms with Crippen LogP contribution in [-0.2, 0) is 6.42 Å². The van der Waals surface area contributed by atoms with Crippen molar-refractivity contribution in [2.24, 2.45) is 0 Å². The summed E-state index contributed by atoms with van der Waals surface area (Å²) in [6, 6.07) is 10.3. The molecule has 2 heterocycles. The molecule has 0 atom stereocenters. The lowest BCUT2D eigenvalue weighted by molar-refractivity contribution is 0.0931. The van der Waals surface area contributed by atoms with Crippen LogP contribution in [-0.4, -0.2) is 58.6 Å². The topological polar surface area (TPSA) is 107 Å². The number of benzene rings is 2. The van der Waals surface area contributed by atoms with Gasteiger partial charge in [0.05, 0.1) is 11.3 Å². The number of H-pyrrole nitrogens is 1. The summed E-state index contributed by atoms with van der Waals surface area (Å²) in [6.45, 7) is 3.34. The van der Waals surface area contributed by atoms with Crippen molar-refractivity contribution in [1.29, 1.82) is 0 Å². The molecule has 0 bridgehead atoms. The molecule has 1 aliphatic rings. The van der Waals surface area contributed by atoms with Crippen molar-refractivity contribution >= 4 is 34.9 Å². The normalized spacial score (nSPS) is 13.5. The Morgan fingerprint density at radius 3 is 2.51 bits per heavy atom. The smallest absolute Gasteiger partial charge is 0.276 e. The second-order valence-electron chi connectivity index (χ2n) is 8.31. The summed E-state index contributed by atoms with van der Waals surface area (Å²) >= 11 is 5.97. The number of aromatic amines is 1. The predicted molar refractivity (Wildman–Crippen MR) is 130 cm³/mol. The molecule has 2 aromatic carbocycles. The maximum atomic E-state index is 13.2. The molecule has 0 radical (unpaired) electrons. The van der Waals surface area contributed by atoms with Gasteiger partial charge in [0, 0.05) is 30.8 Å². The molecule has 1 aromatic heterocycles. The lowest BCUT2D eigenvalue weighted by Gasteiger charge is -2.14. The standard InChI is InChI=1S/C25H25ClFN5O3/c26-20-14-17(27)5-8-19(20)21(33)13-16-3-6-18(7-4-16)31-25(35)23-22(29-15-30-23)24(34)28-9-12-32-10-1-2-11-32/h3-8,14-15H,1-2,9-13H2,(H,28,34)(H,29,30)(H,31,35). The van der Waals surface area contributed by atoms with Crippen LogP contribution in [0.5, 0.6) is 0 Å². The summed E-state index contributed by atoms with van der Waals surface area (Å²) in [5.41, 5.74) is 1.52. The van der Waals surface area contributed by atoms with Crippen molar-refractivity contribution in [2.75, 3.05) is 31.5 Å². The Balaban J connectivity index is 1.32. The lowest BCUT2D eigenvalue weighted by atomic mass is 10.0. The molecule has 10 heteroatoms. The van der Waals surface area contributed by atoms with Gasteiger partial charge in [0.2, 0.25) is 0 Å². The highest BCUT2D eigenvalue weighted by Gasteiger charge is 2.21. The van der Waals surface area contributed by atoms with Crippen LogP contribution in [0.25, 0.3) is 0 Å². The van der Waals surface area contributed by atoms with E-state index in [1.165, 1.54) is 31.3 Å². The molecule has 2 amide bonds. The van der Waals surface area contributed by atoms with Gasteiger partial charge in [0.25, 0.3) is 11.8 Å². The van der Waals surface area contributed by atoms with Gasteiger partial charge in [-0.3, -0.25) is 14.4 Å². The first kappa shape index (κ1) is 24.6. The second-order valence-corrected chi connectivity index (χ2v) is 8.71. The van der Waals surface area contributed by atoms with Crippen LogP contribution in [0.15, 0.2) is 48.8 Å². The average Bonchev–Trinajstić information content (AvgIpc) is 3.52. The number of halogens is 2. The van der Waals surface area contributed by atoms with Gasteiger partial charge in [-0.1, -0.05) is 23.7 Å². The van der Waals surface area contributed by atoms with Gasteiger partial charge in [-0.25, -0.2) is 9.37 Å². The number of ketones is 1. The monoisotopic (exact) mass is 497 g/mol. The van der Waals surface area contributed by atoms with Crippen molar-refractivity contribution in [3.8, 4) is 0 Å². The van der Waals surface area contributed by atoms with E-state index in [1.807, 2.05) is 0 Å². The van der Waals surface area contributed by atoms with Crippen molar-refractivity contribution in [2.45, 2.75) is 19.3 Å². The summed E-state index contributed by atoms with van der Waals surface area (Å²) < 4.78 is 13.2. The van der Waals surface area contributed by atoms with Crippen molar-refractivity contribution in [1.82, 2.24) is 20.2 Å². The van der Waals surface area contributed by atoms with E-state index in [4.69, 9.17) is 11.6 Å². The van der Waals surface area contributed by atoms with Crippen molar-refractivity contribution in [3.05, 3.63) is 82.1 Å². The first-order valence-electron chi connectivity index (χ1n) is 11.3. The minimum absolute atomic E-state index is 0.00567. The van der Waals surface area contributed by atoms with E-state index in [2.05, 4.69) is 25.5 Å². The number of aromatic nitrogens is 2. The Kier molecular flexibility index (Phi) is 7.89. The molecule has 0 saturated carbocycles. The average molecular weight is 498 g/mol. The van der Waals surface area contributed by atoms with Crippen LogP contribution in [0, 0.1) is 5.82 Å². The van der Waals surface area contributed by atoms with Gasteiger partial charge < -0.3 is 20.5 Å². The number of likely N-dealkylation sites (tertiary alicyclic amines) is 1. The van der Waals surface area contributed by atoms with Gasteiger partial charge in [0.1, 0.15) is 11.5 Å². The zero-order valence-corrected chi connectivity index (χ0v) is 19.7. The molecule has 8 nitrogen and oxygen atoms in total. The molecule has 35 heavy (non-hydrogen) atoms.